The van der Waals surface area contributed by atoms with E-state index in [4.69, 9.17) is 9.72 Å². The highest BCUT2D eigenvalue weighted by Crippen LogP contribution is 2.38. The second kappa shape index (κ2) is 14.5. The molecular formula is C33H42BrN9O2S. The molecule has 0 aliphatic carbocycles. The van der Waals surface area contributed by atoms with Gasteiger partial charge in [-0.1, -0.05) is 6.92 Å². The summed E-state index contributed by atoms with van der Waals surface area (Å²) in [5, 5.41) is 7.64. The smallest absolute Gasteiger partial charge is 0.229 e. The van der Waals surface area contributed by atoms with Crippen molar-refractivity contribution in [2.75, 3.05) is 79.9 Å². The van der Waals surface area contributed by atoms with E-state index in [0.29, 0.717) is 33.7 Å². The molecule has 0 spiro atoms. The predicted molar refractivity (Wildman–Crippen MR) is 192 cm³/mol. The number of rotatable bonds is 10. The molecule has 2 aromatic heterocycles. The van der Waals surface area contributed by atoms with Crippen molar-refractivity contribution in [3.63, 3.8) is 0 Å². The Balaban J connectivity index is 1.21. The van der Waals surface area contributed by atoms with Crippen LogP contribution in [0.25, 0.3) is 10.9 Å². The highest BCUT2D eigenvalue weighted by Gasteiger charge is 2.28. The number of piperidine rings is 1. The molecule has 4 heterocycles. The second-order valence-corrected chi connectivity index (χ2v) is 13.8. The number of methoxy groups -OCH3 is 1. The van der Waals surface area contributed by atoms with Crippen molar-refractivity contribution in [1.29, 1.82) is 0 Å². The van der Waals surface area contributed by atoms with Crippen molar-refractivity contribution in [3.05, 3.63) is 58.8 Å². The molecule has 0 radical (unpaired) electrons. The number of nitrogens with one attached hydrogen (secondary N) is 3. The topological polar surface area (TPSA) is 111 Å². The van der Waals surface area contributed by atoms with Crippen LogP contribution in [0.5, 0.6) is 5.75 Å². The number of aryl methyl sites for hydroxylation is 1. The molecule has 2 aromatic carbocycles. The van der Waals surface area contributed by atoms with Gasteiger partial charge in [-0.05, 0) is 78.1 Å². The highest BCUT2D eigenvalue weighted by molar-refractivity contribution is 9.10. The maximum Gasteiger partial charge on any atom is 0.229 e. The number of nitrogens with zero attached hydrogens (tertiary/aromatic N) is 6. The molecule has 2 aliphatic heterocycles. The third-order valence-electron chi connectivity index (χ3n) is 8.92. The van der Waals surface area contributed by atoms with Crippen LogP contribution >= 0.6 is 15.9 Å². The summed E-state index contributed by atoms with van der Waals surface area (Å²) in [6, 6.07) is 12.6. The fourth-order valence-electron chi connectivity index (χ4n) is 6.39. The number of hydrogen-bond acceptors (Lipinski definition) is 10. The average molecular weight is 709 g/mol. The zero-order valence-electron chi connectivity index (χ0n) is 26.8. The van der Waals surface area contributed by atoms with Crippen LogP contribution in [0.1, 0.15) is 25.3 Å². The first-order valence-electron chi connectivity index (χ1n) is 15.8. The molecule has 0 bridgehead atoms. The molecule has 13 heteroatoms. The first-order chi connectivity index (χ1) is 22.3. The Labute approximate surface area is 281 Å². The van der Waals surface area contributed by atoms with Crippen LogP contribution in [-0.4, -0.2) is 94.7 Å². The molecule has 0 amide bonds. The van der Waals surface area contributed by atoms with Crippen LogP contribution in [0.3, 0.4) is 0 Å². The van der Waals surface area contributed by atoms with Gasteiger partial charge in [0.25, 0.3) is 0 Å². The molecule has 46 heavy (non-hydrogen) atoms. The van der Waals surface area contributed by atoms with Crippen molar-refractivity contribution in [2.45, 2.75) is 32.2 Å². The summed E-state index contributed by atoms with van der Waals surface area (Å²) in [6.45, 7) is 8.93. The minimum atomic E-state index is -1.29. The molecule has 3 N–H and O–H groups in total. The van der Waals surface area contributed by atoms with E-state index < -0.39 is 11.0 Å². The van der Waals surface area contributed by atoms with E-state index in [9.17, 15) is 4.21 Å². The van der Waals surface area contributed by atoms with Crippen LogP contribution in [-0.2, 0) is 17.4 Å². The summed E-state index contributed by atoms with van der Waals surface area (Å²) in [4.78, 5) is 21.4. The Hall–Kier alpha value is -3.52. The monoisotopic (exact) mass is 707 g/mol. The molecule has 244 valence electrons. The predicted octanol–water partition coefficient (Wildman–Crippen LogP) is 5.77. The van der Waals surface area contributed by atoms with Crippen molar-refractivity contribution in [3.8, 4) is 5.75 Å². The third kappa shape index (κ3) is 7.22. The SMILES string of the molecule is CCc1cc(Nc2ncc(Br)c(Nc3ccc4ncccc4c3NS(C)=O)n2)c(OC)cc1N1CCC(N2CCN(C)CC2)CC1. The summed E-state index contributed by atoms with van der Waals surface area (Å²) in [5.74, 6) is 1.72. The number of anilines is 6. The van der Waals surface area contributed by atoms with Crippen LogP contribution in [0.2, 0.25) is 0 Å². The van der Waals surface area contributed by atoms with E-state index in [2.05, 4.69) is 82.1 Å². The molecule has 6 rings (SSSR count). The number of hydrogen-bond donors (Lipinski definition) is 3. The fraction of sp³-hybridized carbons (Fsp3) is 0.424. The Morgan fingerprint density at radius 1 is 1.02 bits per heavy atom. The van der Waals surface area contributed by atoms with E-state index in [1.165, 1.54) is 37.2 Å². The highest BCUT2D eigenvalue weighted by atomic mass is 79.9. The van der Waals surface area contributed by atoms with Crippen molar-refractivity contribution >= 4 is 72.3 Å². The molecule has 11 nitrogen and oxygen atoms in total. The Morgan fingerprint density at radius 3 is 2.52 bits per heavy atom. The van der Waals surface area contributed by atoms with Gasteiger partial charge < -0.3 is 29.9 Å². The van der Waals surface area contributed by atoms with Crippen molar-refractivity contribution in [1.82, 2.24) is 24.8 Å². The number of likely N-dealkylation sites (N-methyl/N-ethyl adjacent to an activating group) is 1. The Bertz CT molecular complexity index is 1710. The summed E-state index contributed by atoms with van der Waals surface area (Å²) >= 11 is 3.59. The molecule has 1 unspecified atom stereocenters. The largest absolute Gasteiger partial charge is 0.494 e. The number of fused-ring (bicyclic) bond motifs is 1. The lowest BCUT2D eigenvalue weighted by molar-refractivity contribution is 0.0982. The van der Waals surface area contributed by atoms with E-state index in [-0.39, 0.29) is 0 Å². The molecule has 1 atom stereocenters. The zero-order chi connectivity index (χ0) is 32.2. The fourth-order valence-corrected chi connectivity index (χ4v) is 7.19. The molecule has 2 aliphatic rings. The molecule has 2 fully saturated rings. The van der Waals surface area contributed by atoms with Gasteiger partial charge in [-0.25, -0.2) is 9.19 Å². The van der Waals surface area contributed by atoms with E-state index in [1.54, 1.807) is 25.8 Å². The van der Waals surface area contributed by atoms with Crippen LogP contribution in [0, 0.1) is 0 Å². The van der Waals surface area contributed by atoms with Crippen LogP contribution < -0.4 is 25.0 Å². The molecule has 0 saturated carbocycles. The number of piperazine rings is 1. The Kier molecular flexibility index (Phi) is 10.2. The number of ether oxygens (including phenoxy) is 1. The normalized spacial score (nSPS) is 17.2. The first kappa shape index (κ1) is 32.4. The van der Waals surface area contributed by atoms with E-state index in [1.807, 2.05) is 24.3 Å². The van der Waals surface area contributed by atoms with Crippen molar-refractivity contribution < 1.29 is 8.95 Å². The summed E-state index contributed by atoms with van der Waals surface area (Å²) in [7, 11) is 2.63. The summed E-state index contributed by atoms with van der Waals surface area (Å²) < 4.78 is 21.8. The minimum Gasteiger partial charge on any atom is -0.494 e. The maximum absolute atomic E-state index is 12.2. The standard InChI is InChI=1S/C33H42BrN9O2S/c1-5-22-19-28(30(45-3)20-29(22)43-13-10-23(11-14-43)42-17-15-41(2)16-18-42)38-33-36-21-25(34)32(39-33)37-27-9-8-26-24(7-6-12-35-26)31(27)40-46(4)44/h6-9,12,19-21,23,40H,5,10-11,13-18H2,1-4H3,(H2,36,37,38,39). The number of benzene rings is 2. The lowest BCUT2D eigenvalue weighted by atomic mass is 9.99. The van der Waals surface area contributed by atoms with Crippen LogP contribution in [0.4, 0.5) is 34.5 Å². The molecule has 2 saturated heterocycles. The van der Waals surface area contributed by atoms with Gasteiger partial charge in [0.2, 0.25) is 5.95 Å². The second-order valence-electron chi connectivity index (χ2n) is 11.8. The van der Waals surface area contributed by atoms with E-state index in [0.717, 1.165) is 54.9 Å². The van der Waals surface area contributed by atoms with Gasteiger partial charge in [-0.3, -0.25) is 9.88 Å². The number of halogens is 1. The number of pyridine rings is 1. The summed E-state index contributed by atoms with van der Waals surface area (Å²) in [5.41, 5.74) is 5.50. The summed E-state index contributed by atoms with van der Waals surface area (Å²) in [6.07, 6.45) is 8.29. The quantitative estimate of drug-likeness (QED) is 0.188. The van der Waals surface area contributed by atoms with Gasteiger partial charge in [-0.15, -0.1) is 0 Å². The third-order valence-corrected chi connectivity index (χ3v) is 9.99. The number of aromatic nitrogens is 3. The lowest BCUT2D eigenvalue weighted by Gasteiger charge is -2.43. The van der Waals surface area contributed by atoms with Gasteiger partial charge in [-0.2, -0.15) is 4.98 Å². The first-order valence-corrected chi connectivity index (χ1v) is 18.1. The lowest BCUT2D eigenvalue weighted by Crippen LogP contribution is -2.52. The van der Waals surface area contributed by atoms with Gasteiger partial charge in [0.05, 0.1) is 34.2 Å². The van der Waals surface area contributed by atoms with Gasteiger partial charge in [0, 0.05) is 81.1 Å². The van der Waals surface area contributed by atoms with Gasteiger partial charge >= 0.3 is 0 Å². The molecular weight excluding hydrogens is 666 g/mol. The zero-order valence-corrected chi connectivity index (χ0v) is 29.2. The van der Waals surface area contributed by atoms with Crippen molar-refractivity contribution in [2.24, 2.45) is 0 Å². The van der Waals surface area contributed by atoms with Gasteiger partial charge in [0.1, 0.15) is 22.6 Å². The molecule has 4 aromatic rings. The average Bonchev–Trinajstić information content (AvgIpc) is 3.07. The van der Waals surface area contributed by atoms with Gasteiger partial charge in [0.15, 0.2) is 0 Å². The van der Waals surface area contributed by atoms with Crippen LogP contribution in [0.15, 0.2) is 53.3 Å². The van der Waals surface area contributed by atoms with E-state index >= 15 is 0 Å². The minimum absolute atomic E-state index is 0.419. The Morgan fingerprint density at radius 2 is 1.80 bits per heavy atom. The maximum atomic E-state index is 12.2.